The zero-order valence-electron chi connectivity index (χ0n) is 10.7. The second-order valence-electron chi connectivity index (χ2n) is 5.00. The van der Waals surface area contributed by atoms with Crippen LogP contribution in [0.3, 0.4) is 0 Å². The maximum Gasteiger partial charge on any atom is 0.122 e. The average Bonchev–Trinajstić information content (AvgIpc) is 3.18. The first kappa shape index (κ1) is 12.4. The van der Waals surface area contributed by atoms with Gasteiger partial charge in [-0.05, 0) is 49.7 Å². The molecular formula is C15H23NO. The van der Waals surface area contributed by atoms with Gasteiger partial charge >= 0.3 is 0 Å². The third-order valence-electron chi connectivity index (χ3n) is 3.41. The number of nitrogens with two attached hydrogens (primary N) is 1. The zero-order chi connectivity index (χ0) is 12.1. The molecule has 1 fully saturated rings. The summed E-state index contributed by atoms with van der Waals surface area (Å²) < 4.78 is 5.75. The molecule has 0 heterocycles. The molecule has 1 atom stereocenters. The second kappa shape index (κ2) is 6.06. The number of para-hydroxylation sites is 1. The molecule has 2 heteroatoms. The molecule has 1 saturated carbocycles. The van der Waals surface area contributed by atoms with E-state index >= 15 is 0 Å². The van der Waals surface area contributed by atoms with Crippen LogP contribution in [-0.4, -0.2) is 12.6 Å². The summed E-state index contributed by atoms with van der Waals surface area (Å²) in [7, 11) is 0. The fraction of sp³-hybridized carbons (Fsp3) is 0.600. The zero-order valence-corrected chi connectivity index (χ0v) is 10.7. The second-order valence-corrected chi connectivity index (χ2v) is 5.00. The predicted molar refractivity (Wildman–Crippen MR) is 71.2 cm³/mol. The Labute approximate surface area is 104 Å². The minimum atomic E-state index is 0.384. The molecule has 1 aromatic rings. The lowest BCUT2D eigenvalue weighted by atomic mass is 10.0. The molecule has 0 amide bonds. The van der Waals surface area contributed by atoms with E-state index in [9.17, 15) is 0 Å². The molecule has 0 aromatic heterocycles. The van der Waals surface area contributed by atoms with Gasteiger partial charge in [-0.25, -0.2) is 0 Å². The van der Waals surface area contributed by atoms with Gasteiger partial charge in [-0.2, -0.15) is 0 Å². The first-order valence-electron chi connectivity index (χ1n) is 6.77. The Kier molecular flexibility index (Phi) is 4.43. The van der Waals surface area contributed by atoms with Crippen molar-refractivity contribution in [2.75, 3.05) is 6.61 Å². The summed E-state index contributed by atoms with van der Waals surface area (Å²) >= 11 is 0. The summed E-state index contributed by atoms with van der Waals surface area (Å²) in [5, 5.41) is 0. The van der Waals surface area contributed by atoms with Gasteiger partial charge < -0.3 is 10.5 Å². The van der Waals surface area contributed by atoms with Crippen LogP contribution in [0.5, 0.6) is 5.75 Å². The van der Waals surface area contributed by atoms with Gasteiger partial charge in [0.2, 0.25) is 0 Å². The number of benzene rings is 1. The summed E-state index contributed by atoms with van der Waals surface area (Å²) in [6.45, 7) is 2.93. The summed E-state index contributed by atoms with van der Waals surface area (Å²) in [5.41, 5.74) is 7.44. The van der Waals surface area contributed by atoms with Crippen molar-refractivity contribution in [1.29, 1.82) is 0 Å². The van der Waals surface area contributed by atoms with E-state index in [0.717, 1.165) is 37.5 Å². The summed E-state index contributed by atoms with van der Waals surface area (Å²) in [6.07, 6.45) is 5.83. The molecule has 1 unspecified atom stereocenters. The fourth-order valence-corrected chi connectivity index (χ4v) is 2.15. The Morgan fingerprint density at radius 1 is 1.35 bits per heavy atom. The molecule has 0 radical (unpaired) electrons. The third kappa shape index (κ3) is 3.74. The lowest BCUT2D eigenvalue weighted by Gasteiger charge is -2.13. The van der Waals surface area contributed by atoms with Crippen molar-refractivity contribution >= 4 is 0 Å². The van der Waals surface area contributed by atoms with Gasteiger partial charge in [0.15, 0.2) is 0 Å². The standard InChI is InChI=1S/C15H23NO/c1-2-11-17-15-6-4-3-5-13(15)9-10-14(16)12-7-8-12/h3-6,12,14H,2,7-11,16H2,1H3. The Balaban J connectivity index is 1.89. The first-order chi connectivity index (χ1) is 8.31. The van der Waals surface area contributed by atoms with Gasteiger partial charge in [-0.1, -0.05) is 25.1 Å². The molecule has 2 N–H and O–H groups in total. The molecule has 1 aliphatic rings. The van der Waals surface area contributed by atoms with E-state index in [4.69, 9.17) is 10.5 Å². The van der Waals surface area contributed by atoms with Gasteiger partial charge in [0.05, 0.1) is 6.61 Å². The topological polar surface area (TPSA) is 35.2 Å². The van der Waals surface area contributed by atoms with E-state index in [1.165, 1.54) is 18.4 Å². The number of hydrogen-bond acceptors (Lipinski definition) is 2. The van der Waals surface area contributed by atoms with E-state index in [1.54, 1.807) is 0 Å². The maximum atomic E-state index is 6.14. The quantitative estimate of drug-likeness (QED) is 0.785. The van der Waals surface area contributed by atoms with Gasteiger partial charge in [-0.15, -0.1) is 0 Å². The fourth-order valence-electron chi connectivity index (χ4n) is 2.15. The van der Waals surface area contributed by atoms with Crippen LogP contribution in [0.15, 0.2) is 24.3 Å². The Morgan fingerprint density at radius 2 is 2.12 bits per heavy atom. The average molecular weight is 233 g/mol. The molecule has 1 aliphatic carbocycles. The van der Waals surface area contributed by atoms with Crippen LogP contribution in [0.4, 0.5) is 0 Å². The summed E-state index contributed by atoms with van der Waals surface area (Å²) in [4.78, 5) is 0. The highest BCUT2D eigenvalue weighted by atomic mass is 16.5. The van der Waals surface area contributed by atoms with Crippen LogP contribution in [0.25, 0.3) is 0 Å². The summed E-state index contributed by atoms with van der Waals surface area (Å²) in [6, 6.07) is 8.72. The molecule has 2 nitrogen and oxygen atoms in total. The third-order valence-corrected chi connectivity index (χ3v) is 3.41. The van der Waals surface area contributed by atoms with Gasteiger partial charge in [-0.3, -0.25) is 0 Å². The Bertz CT molecular complexity index is 347. The van der Waals surface area contributed by atoms with Crippen LogP contribution in [0.1, 0.15) is 38.2 Å². The van der Waals surface area contributed by atoms with Gasteiger partial charge in [0, 0.05) is 6.04 Å². The van der Waals surface area contributed by atoms with Crippen LogP contribution in [-0.2, 0) is 6.42 Å². The predicted octanol–water partition coefficient (Wildman–Crippen LogP) is 3.15. The van der Waals surface area contributed by atoms with Crippen LogP contribution >= 0.6 is 0 Å². The molecule has 0 bridgehead atoms. The van der Waals surface area contributed by atoms with Crippen LogP contribution in [0.2, 0.25) is 0 Å². The monoisotopic (exact) mass is 233 g/mol. The number of aryl methyl sites for hydroxylation is 1. The Morgan fingerprint density at radius 3 is 2.82 bits per heavy atom. The van der Waals surface area contributed by atoms with Crippen molar-refractivity contribution in [2.24, 2.45) is 11.7 Å². The normalized spacial score (nSPS) is 16.8. The van der Waals surface area contributed by atoms with E-state index in [-0.39, 0.29) is 0 Å². The van der Waals surface area contributed by atoms with E-state index in [1.807, 2.05) is 6.07 Å². The smallest absolute Gasteiger partial charge is 0.122 e. The van der Waals surface area contributed by atoms with Crippen molar-refractivity contribution in [1.82, 2.24) is 0 Å². The highest BCUT2D eigenvalue weighted by Crippen LogP contribution is 2.33. The SMILES string of the molecule is CCCOc1ccccc1CCC(N)C1CC1. The Hall–Kier alpha value is -1.02. The molecule has 0 saturated heterocycles. The lowest BCUT2D eigenvalue weighted by molar-refractivity contribution is 0.313. The van der Waals surface area contributed by atoms with E-state index in [0.29, 0.717) is 6.04 Å². The molecule has 94 valence electrons. The van der Waals surface area contributed by atoms with Crippen molar-refractivity contribution in [2.45, 2.75) is 45.1 Å². The number of ether oxygens (including phenoxy) is 1. The van der Waals surface area contributed by atoms with Crippen molar-refractivity contribution in [3.63, 3.8) is 0 Å². The van der Waals surface area contributed by atoms with Crippen molar-refractivity contribution in [3.05, 3.63) is 29.8 Å². The minimum absolute atomic E-state index is 0.384. The lowest BCUT2D eigenvalue weighted by Crippen LogP contribution is -2.23. The minimum Gasteiger partial charge on any atom is -0.493 e. The van der Waals surface area contributed by atoms with E-state index < -0.39 is 0 Å². The van der Waals surface area contributed by atoms with Crippen LogP contribution in [0, 0.1) is 5.92 Å². The van der Waals surface area contributed by atoms with Crippen molar-refractivity contribution < 1.29 is 4.74 Å². The van der Waals surface area contributed by atoms with Gasteiger partial charge in [0.1, 0.15) is 5.75 Å². The molecule has 0 spiro atoms. The van der Waals surface area contributed by atoms with Crippen molar-refractivity contribution in [3.8, 4) is 5.75 Å². The summed E-state index contributed by atoms with van der Waals surface area (Å²) in [5.74, 6) is 1.83. The van der Waals surface area contributed by atoms with Crippen LogP contribution < -0.4 is 10.5 Å². The highest BCUT2D eigenvalue weighted by Gasteiger charge is 2.28. The largest absolute Gasteiger partial charge is 0.493 e. The number of hydrogen-bond donors (Lipinski definition) is 1. The number of rotatable bonds is 7. The van der Waals surface area contributed by atoms with Gasteiger partial charge in [0.25, 0.3) is 0 Å². The maximum absolute atomic E-state index is 6.14. The molecule has 17 heavy (non-hydrogen) atoms. The molecule has 1 aromatic carbocycles. The molecular weight excluding hydrogens is 210 g/mol. The first-order valence-corrected chi connectivity index (χ1v) is 6.77. The molecule has 0 aliphatic heterocycles. The van der Waals surface area contributed by atoms with E-state index in [2.05, 4.69) is 25.1 Å². The molecule has 2 rings (SSSR count). The highest BCUT2D eigenvalue weighted by molar-refractivity contribution is 5.33.